The third-order valence-corrected chi connectivity index (χ3v) is 4.20. The van der Waals surface area contributed by atoms with Crippen molar-refractivity contribution in [2.24, 2.45) is 5.84 Å². The molecule has 19 heavy (non-hydrogen) atoms. The maximum atomic E-state index is 5.41. The van der Waals surface area contributed by atoms with E-state index in [1.807, 2.05) is 16.7 Å². The fourth-order valence-electron chi connectivity index (χ4n) is 1.74. The molecule has 0 fully saturated rings. The van der Waals surface area contributed by atoms with E-state index in [0.717, 1.165) is 9.43 Å². The molecule has 98 valence electrons. The summed E-state index contributed by atoms with van der Waals surface area (Å²) in [6, 6.07) is 4.09. The van der Waals surface area contributed by atoms with Crippen molar-refractivity contribution in [3.05, 3.63) is 39.4 Å². The predicted molar refractivity (Wildman–Crippen MR) is 80.1 cm³/mol. The van der Waals surface area contributed by atoms with E-state index < -0.39 is 0 Å². The first-order valence-electron chi connectivity index (χ1n) is 5.54. The summed E-state index contributed by atoms with van der Waals surface area (Å²) in [4.78, 5) is 9.86. The molecule has 0 radical (unpaired) electrons. The van der Waals surface area contributed by atoms with E-state index in [1.165, 1.54) is 4.88 Å². The van der Waals surface area contributed by atoms with Gasteiger partial charge in [-0.15, -0.1) is 11.3 Å². The highest BCUT2D eigenvalue weighted by Crippen LogP contribution is 2.23. The van der Waals surface area contributed by atoms with Crippen molar-refractivity contribution in [2.75, 3.05) is 10.7 Å². The molecular weight excluding hydrogens is 328 g/mol. The Morgan fingerprint density at radius 2 is 2.32 bits per heavy atom. The second-order valence-corrected chi connectivity index (χ2v) is 6.38. The smallest absolute Gasteiger partial charge is 0.180 e. The summed E-state index contributed by atoms with van der Waals surface area (Å²) >= 11 is 5.13. The van der Waals surface area contributed by atoms with Gasteiger partial charge in [-0.25, -0.2) is 15.8 Å². The van der Waals surface area contributed by atoms with Crippen LogP contribution >= 0.6 is 27.3 Å². The van der Waals surface area contributed by atoms with E-state index in [0.29, 0.717) is 18.2 Å². The van der Waals surface area contributed by atoms with Gasteiger partial charge in [0.15, 0.2) is 17.3 Å². The van der Waals surface area contributed by atoms with E-state index >= 15 is 0 Å². The molecule has 4 N–H and O–H groups in total. The number of hydrazine groups is 1. The molecule has 0 aliphatic heterocycles. The minimum absolute atomic E-state index is 0.584. The molecule has 0 saturated carbocycles. The van der Waals surface area contributed by atoms with Crippen LogP contribution in [0.2, 0.25) is 0 Å². The van der Waals surface area contributed by atoms with Crippen molar-refractivity contribution in [2.45, 2.75) is 6.54 Å². The second-order valence-electron chi connectivity index (χ2n) is 3.84. The molecule has 0 aromatic carbocycles. The molecule has 0 spiro atoms. The fraction of sp³-hybridized carbons (Fsp3) is 0.0909. The van der Waals surface area contributed by atoms with E-state index in [4.69, 9.17) is 5.84 Å². The van der Waals surface area contributed by atoms with E-state index in [-0.39, 0.29) is 0 Å². The Bertz CT molecular complexity index is 706. The van der Waals surface area contributed by atoms with E-state index in [1.54, 1.807) is 23.7 Å². The molecule has 0 aliphatic rings. The predicted octanol–water partition coefficient (Wildman–Crippen LogP) is 2.45. The van der Waals surface area contributed by atoms with Crippen LogP contribution in [0.4, 0.5) is 11.6 Å². The van der Waals surface area contributed by atoms with Gasteiger partial charge in [0.2, 0.25) is 0 Å². The average molecular weight is 339 g/mol. The Morgan fingerprint density at radius 3 is 3.05 bits per heavy atom. The van der Waals surface area contributed by atoms with E-state index in [9.17, 15) is 0 Å². The quantitative estimate of drug-likeness (QED) is 0.503. The molecule has 3 rings (SSSR count). The molecule has 0 unspecified atom stereocenters. The lowest BCUT2D eigenvalue weighted by Crippen LogP contribution is -2.11. The van der Waals surface area contributed by atoms with Crippen molar-refractivity contribution < 1.29 is 0 Å². The van der Waals surface area contributed by atoms with Crippen LogP contribution in [0, 0.1) is 0 Å². The van der Waals surface area contributed by atoms with Crippen molar-refractivity contribution in [3.8, 4) is 0 Å². The lowest BCUT2D eigenvalue weighted by molar-refractivity contribution is 1.07. The highest BCUT2D eigenvalue weighted by molar-refractivity contribution is 9.11. The monoisotopic (exact) mass is 338 g/mol. The zero-order valence-corrected chi connectivity index (χ0v) is 12.2. The van der Waals surface area contributed by atoms with Gasteiger partial charge in [-0.05, 0) is 28.1 Å². The standard InChI is InChI=1S/C11H11BrN6S/c12-8-2-1-7(19-8)5-15-10-11-14-3-4-18(11)6-9(16-10)17-13/h1-4,6,17H,5,13H2,(H,15,16). The highest BCUT2D eigenvalue weighted by Gasteiger charge is 2.07. The number of imidazole rings is 1. The SMILES string of the molecule is NNc1cn2ccnc2c(NCc2ccc(Br)s2)n1. The minimum Gasteiger partial charge on any atom is -0.362 e. The van der Waals surface area contributed by atoms with Crippen LogP contribution in [0.3, 0.4) is 0 Å². The molecule has 3 heterocycles. The first-order chi connectivity index (χ1) is 9.26. The fourth-order valence-corrected chi connectivity index (χ4v) is 3.16. The van der Waals surface area contributed by atoms with Crippen LogP contribution in [-0.2, 0) is 6.54 Å². The summed E-state index contributed by atoms with van der Waals surface area (Å²) in [7, 11) is 0. The first kappa shape index (κ1) is 12.4. The van der Waals surface area contributed by atoms with Gasteiger partial charge in [0.25, 0.3) is 0 Å². The Balaban J connectivity index is 1.88. The summed E-state index contributed by atoms with van der Waals surface area (Å²) in [5.41, 5.74) is 3.32. The molecular formula is C11H11BrN6S. The van der Waals surface area contributed by atoms with Crippen LogP contribution < -0.4 is 16.6 Å². The first-order valence-corrected chi connectivity index (χ1v) is 7.15. The number of thiophene rings is 1. The Labute approximate surface area is 121 Å². The van der Waals surface area contributed by atoms with Crippen LogP contribution in [0.15, 0.2) is 34.5 Å². The second kappa shape index (κ2) is 5.16. The van der Waals surface area contributed by atoms with E-state index in [2.05, 4.69) is 42.7 Å². The van der Waals surface area contributed by atoms with Gasteiger partial charge in [-0.3, -0.25) is 0 Å². The number of nitrogens with one attached hydrogen (secondary N) is 2. The maximum Gasteiger partial charge on any atom is 0.180 e. The van der Waals surface area contributed by atoms with Gasteiger partial charge >= 0.3 is 0 Å². The number of anilines is 2. The van der Waals surface area contributed by atoms with Gasteiger partial charge in [-0.2, -0.15) is 0 Å². The van der Waals surface area contributed by atoms with Crippen LogP contribution in [-0.4, -0.2) is 14.4 Å². The number of hydrogen-bond donors (Lipinski definition) is 3. The number of halogens is 1. The summed E-state index contributed by atoms with van der Waals surface area (Å²) < 4.78 is 2.98. The third-order valence-electron chi connectivity index (χ3n) is 2.58. The molecule has 3 aromatic rings. The number of hydrogen-bond acceptors (Lipinski definition) is 6. The summed E-state index contributed by atoms with van der Waals surface area (Å²) in [5.74, 6) is 6.69. The lowest BCUT2D eigenvalue weighted by Gasteiger charge is -2.08. The van der Waals surface area contributed by atoms with Gasteiger partial charge < -0.3 is 15.1 Å². The van der Waals surface area contributed by atoms with Gasteiger partial charge in [0, 0.05) is 17.3 Å². The van der Waals surface area contributed by atoms with Crippen LogP contribution in [0.1, 0.15) is 4.88 Å². The number of fused-ring (bicyclic) bond motifs is 1. The molecule has 6 nitrogen and oxygen atoms in total. The Kier molecular flexibility index (Phi) is 3.36. The average Bonchev–Trinajstić information content (AvgIpc) is 3.04. The third kappa shape index (κ3) is 2.55. The molecule has 0 atom stereocenters. The van der Waals surface area contributed by atoms with Crippen LogP contribution in [0.25, 0.3) is 5.65 Å². The number of nitrogen functional groups attached to an aromatic ring is 1. The largest absolute Gasteiger partial charge is 0.362 e. The number of nitrogens with zero attached hydrogens (tertiary/aromatic N) is 3. The summed E-state index contributed by atoms with van der Waals surface area (Å²) in [6.45, 7) is 0.694. The zero-order valence-electron chi connectivity index (χ0n) is 9.80. The molecule has 3 aromatic heterocycles. The summed E-state index contributed by atoms with van der Waals surface area (Å²) in [5, 5.41) is 3.28. The van der Waals surface area contributed by atoms with Gasteiger partial charge in [0.1, 0.15) is 0 Å². The number of nitrogens with two attached hydrogens (primary N) is 1. The molecule has 0 amide bonds. The van der Waals surface area contributed by atoms with Crippen LogP contribution in [0.5, 0.6) is 0 Å². The van der Waals surface area contributed by atoms with Gasteiger partial charge in [0.05, 0.1) is 16.5 Å². The summed E-state index contributed by atoms with van der Waals surface area (Å²) in [6.07, 6.45) is 5.37. The van der Waals surface area contributed by atoms with Crippen molar-refractivity contribution in [1.82, 2.24) is 14.4 Å². The Morgan fingerprint density at radius 1 is 1.42 bits per heavy atom. The maximum absolute atomic E-state index is 5.41. The highest BCUT2D eigenvalue weighted by atomic mass is 79.9. The number of rotatable bonds is 4. The van der Waals surface area contributed by atoms with Crippen molar-refractivity contribution >= 4 is 44.5 Å². The Hall–Kier alpha value is -1.64. The number of aromatic nitrogens is 3. The zero-order chi connectivity index (χ0) is 13.2. The van der Waals surface area contributed by atoms with Crippen molar-refractivity contribution in [3.63, 3.8) is 0 Å². The minimum atomic E-state index is 0.584. The molecule has 0 bridgehead atoms. The molecule has 8 heteroatoms. The lowest BCUT2D eigenvalue weighted by atomic mass is 10.4. The molecule has 0 aliphatic carbocycles. The normalized spacial score (nSPS) is 10.8. The van der Waals surface area contributed by atoms with Gasteiger partial charge in [-0.1, -0.05) is 0 Å². The van der Waals surface area contributed by atoms with Crippen molar-refractivity contribution in [1.29, 1.82) is 0 Å². The molecule has 0 saturated heterocycles. The topological polar surface area (TPSA) is 80.3 Å².